The van der Waals surface area contributed by atoms with Gasteiger partial charge in [-0.15, -0.1) is 13.2 Å². The lowest BCUT2D eigenvalue weighted by Gasteiger charge is -2.19. The van der Waals surface area contributed by atoms with Crippen LogP contribution >= 0.6 is 0 Å². The van der Waals surface area contributed by atoms with Crippen LogP contribution in [0.4, 0.5) is 26.3 Å². The van der Waals surface area contributed by atoms with Gasteiger partial charge in [-0.2, -0.15) is 13.2 Å². The van der Waals surface area contributed by atoms with E-state index in [1.807, 2.05) is 0 Å². The fraction of sp³-hybridized carbons (Fsp3) is 1.00. The van der Waals surface area contributed by atoms with E-state index in [-0.39, 0.29) is 19.3 Å². The standard InChI is InChI=1S/C8H8F6O/c9-7(10,11)6(1-2-6)4-3-5(4)15-8(12,13)14/h4-5H,1-3H2. The highest BCUT2D eigenvalue weighted by atomic mass is 19.4. The molecule has 0 saturated heterocycles. The van der Waals surface area contributed by atoms with Crippen molar-refractivity contribution in [1.82, 2.24) is 0 Å². The van der Waals surface area contributed by atoms with E-state index in [2.05, 4.69) is 4.74 Å². The second-order valence-corrected chi connectivity index (χ2v) is 4.10. The summed E-state index contributed by atoms with van der Waals surface area (Å²) in [6.45, 7) is 0. The number of halogens is 6. The minimum absolute atomic E-state index is 0.0706. The van der Waals surface area contributed by atoms with Crippen LogP contribution in [-0.2, 0) is 4.74 Å². The first-order valence-electron chi connectivity index (χ1n) is 4.47. The number of alkyl halides is 6. The van der Waals surface area contributed by atoms with E-state index >= 15 is 0 Å². The maximum Gasteiger partial charge on any atom is 0.522 e. The topological polar surface area (TPSA) is 9.23 Å². The second-order valence-electron chi connectivity index (χ2n) is 4.10. The van der Waals surface area contributed by atoms with Gasteiger partial charge in [-0.1, -0.05) is 0 Å². The zero-order chi connectivity index (χ0) is 11.5. The van der Waals surface area contributed by atoms with E-state index in [1.165, 1.54) is 0 Å². The molecule has 0 amide bonds. The Morgan fingerprint density at radius 2 is 1.53 bits per heavy atom. The Hall–Kier alpha value is -0.460. The van der Waals surface area contributed by atoms with Gasteiger partial charge in [0.1, 0.15) is 0 Å². The van der Waals surface area contributed by atoms with Gasteiger partial charge in [-0.05, 0) is 19.3 Å². The summed E-state index contributed by atoms with van der Waals surface area (Å²) in [5.74, 6) is -1.00. The van der Waals surface area contributed by atoms with Crippen LogP contribution in [0.25, 0.3) is 0 Å². The molecule has 0 bridgehead atoms. The molecule has 1 nitrogen and oxygen atoms in total. The SMILES string of the molecule is FC(F)(F)OC1CC1C1(C(F)(F)F)CC1. The molecular weight excluding hydrogens is 226 g/mol. The summed E-state index contributed by atoms with van der Waals surface area (Å²) in [4.78, 5) is 0. The molecule has 2 aliphatic rings. The number of hydrogen-bond acceptors (Lipinski definition) is 1. The van der Waals surface area contributed by atoms with Crippen molar-refractivity contribution in [3.8, 4) is 0 Å². The molecule has 0 aromatic heterocycles. The minimum Gasteiger partial charge on any atom is -0.288 e. The van der Waals surface area contributed by atoms with Crippen molar-refractivity contribution >= 4 is 0 Å². The van der Waals surface area contributed by atoms with Gasteiger partial charge in [0, 0.05) is 5.92 Å². The van der Waals surface area contributed by atoms with Crippen LogP contribution in [0.3, 0.4) is 0 Å². The molecule has 2 aliphatic carbocycles. The third-order valence-corrected chi connectivity index (χ3v) is 3.08. The van der Waals surface area contributed by atoms with Crippen molar-refractivity contribution in [1.29, 1.82) is 0 Å². The number of hydrogen-bond donors (Lipinski definition) is 0. The molecule has 2 atom stereocenters. The Bertz CT molecular complexity index is 263. The van der Waals surface area contributed by atoms with Crippen molar-refractivity contribution in [2.45, 2.75) is 37.9 Å². The average Bonchev–Trinajstić information content (AvgIpc) is 2.67. The lowest BCUT2D eigenvalue weighted by molar-refractivity contribution is -0.333. The molecule has 0 heterocycles. The van der Waals surface area contributed by atoms with Crippen LogP contribution in [0.5, 0.6) is 0 Å². The Kier molecular flexibility index (Phi) is 2.07. The second kappa shape index (κ2) is 2.81. The molecule has 0 aromatic rings. The molecule has 2 saturated carbocycles. The van der Waals surface area contributed by atoms with Gasteiger partial charge in [-0.3, -0.25) is 4.74 Å². The monoisotopic (exact) mass is 234 g/mol. The maximum absolute atomic E-state index is 12.5. The fourth-order valence-corrected chi connectivity index (χ4v) is 2.05. The van der Waals surface area contributed by atoms with E-state index in [0.717, 1.165) is 0 Å². The maximum atomic E-state index is 12.5. The molecule has 0 aromatic carbocycles. The molecule has 2 rings (SSSR count). The van der Waals surface area contributed by atoms with Gasteiger partial charge >= 0.3 is 12.5 Å². The average molecular weight is 234 g/mol. The lowest BCUT2D eigenvalue weighted by atomic mass is 10.00. The highest BCUT2D eigenvalue weighted by Crippen LogP contribution is 2.69. The highest BCUT2D eigenvalue weighted by Gasteiger charge is 2.73. The predicted molar refractivity (Wildman–Crippen MR) is 36.8 cm³/mol. The third-order valence-electron chi connectivity index (χ3n) is 3.08. The molecular formula is C8H8F6O. The molecule has 2 fully saturated rings. The first-order valence-corrected chi connectivity index (χ1v) is 4.47. The smallest absolute Gasteiger partial charge is 0.288 e. The molecule has 0 N–H and O–H groups in total. The molecule has 15 heavy (non-hydrogen) atoms. The van der Waals surface area contributed by atoms with Crippen molar-refractivity contribution in [2.75, 3.05) is 0 Å². The highest BCUT2D eigenvalue weighted by molar-refractivity contribution is 5.13. The Morgan fingerprint density at radius 3 is 1.87 bits per heavy atom. The molecule has 0 spiro atoms. The minimum atomic E-state index is -4.83. The van der Waals surface area contributed by atoms with E-state index in [0.29, 0.717) is 0 Å². The Labute approximate surface area is 81.4 Å². The van der Waals surface area contributed by atoms with Crippen molar-refractivity contribution in [3.63, 3.8) is 0 Å². The zero-order valence-electron chi connectivity index (χ0n) is 7.45. The zero-order valence-corrected chi connectivity index (χ0v) is 7.45. The van der Waals surface area contributed by atoms with E-state index < -0.39 is 30.0 Å². The summed E-state index contributed by atoms with van der Waals surface area (Å²) in [5, 5.41) is 0. The summed E-state index contributed by atoms with van der Waals surface area (Å²) in [7, 11) is 0. The molecule has 7 heteroatoms. The van der Waals surface area contributed by atoms with Crippen molar-refractivity contribution < 1.29 is 31.1 Å². The molecule has 2 unspecified atom stereocenters. The predicted octanol–water partition coefficient (Wildman–Crippen LogP) is 3.25. The van der Waals surface area contributed by atoms with E-state index in [9.17, 15) is 26.3 Å². The fourth-order valence-electron chi connectivity index (χ4n) is 2.05. The third kappa shape index (κ3) is 1.93. The summed E-state index contributed by atoms with van der Waals surface area (Å²) < 4.78 is 76.1. The molecule has 0 aliphatic heterocycles. The summed E-state index contributed by atoms with van der Waals surface area (Å²) in [6, 6.07) is 0. The van der Waals surface area contributed by atoms with Gasteiger partial charge in [0.05, 0.1) is 11.5 Å². The van der Waals surface area contributed by atoms with Gasteiger partial charge < -0.3 is 0 Å². The Morgan fingerprint density at radius 1 is 1.00 bits per heavy atom. The number of rotatable bonds is 2. The van der Waals surface area contributed by atoms with Crippen LogP contribution in [0.15, 0.2) is 0 Å². The summed E-state index contributed by atoms with van der Waals surface area (Å²) >= 11 is 0. The van der Waals surface area contributed by atoms with E-state index in [1.54, 1.807) is 0 Å². The van der Waals surface area contributed by atoms with Crippen molar-refractivity contribution in [3.05, 3.63) is 0 Å². The van der Waals surface area contributed by atoms with Crippen LogP contribution in [0, 0.1) is 11.3 Å². The normalized spacial score (nSPS) is 34.0. The van der Waals surface area contributed by atoms with Gasteiger partial charge in [-0.25, -0.2) is 0 Å². The van der Waals surface area contributed by atoms with Crippen molar-refractivity contribution in [2.24, 2.45) is 11.3 Å². The first-order chi connectivity index (χ1) is 6.66. The summed E-state index contributed by atoms with van der Waals surface area (Å²) in [5.41, 5.74) is -1.89. The summed E-state index contributed by atoms with van der Waals surface area (Å²) in [6.07, 6.45) is -10.8. The van der Waals surface area contributed by atoms with E-state index in [4.69, 9.17) is 0 Å². The van der Waals surface area contributed by atoms with Gasteiger partial charge in [0.25, 0.3) is 0 Å². The van der Waals surface area contributed by atoms with Crippen LogP contribution < -0.4 is 0 Å². The molecule has 0 radical (unpaired) electrons. The van der Waals surface area contributed by atoms with Gasteiger partial charge in [0.2, 0.25) is 0 Å². The van der Waals surface area contributed by atoms with Crippen LogP contribution in [0.2, 0.25) is 0 Å². The lowest BCUT2D eigenvalue weighted by Crippen LogP contribution is -2.29. The quantitative estimate of drug-likeness (QED) is 0.666. The van der Waals surface area contributed by atoms with Crippen LogP contribution in [0.1, 0.15) is 19.3 Å². The van der Waals surface area contributed by atoms with Crippen LogP contribution in [-0.4, -0.2) is 18.6 Å². The largest absolute Gasteiger partial charge is 0.522 e. The van der Waals surface area contributed by atoms with Gasteiger partial charge in [0.15, 0.2) is 0 Å². The molecule has 88 valence electrons. The first kappa shape index (κ1) is 11.0. The Balaban J connectivity index is 1.95. The number of ether oxygens (including phenoxy) is 1.